The predicted molar refractivity (Wildman–Crippen MR) is 55.9 cm³/mol. The number of esters is 1. The number of nitrogens with zero attached hydrogens (tertiary/aromatic N) is 3. The summed E-state index contributed by atoms with van der Waals surface area (Å²) < 4.78 is 4.68. The van der Waals surface area contributed by atoms with Gasteiger partial charge in [-0.25, -0.2) is 0 Å². The molecule has 88 valence electrons. The molecule has 17 heavy (non-hydrogen) atoms. The van der Waals surface area contributed by atoms with E-state index in [1.165, 1.54) is 12.3 Å². The standard InChI is InChI=1S/C10H9N3O4/c1-2-17-10(14)8(5-11)7-3-4-12-6-9(7)13(15)16/h3-4,6,8H,2H2,1H3. The van der Waals surface area contributed by atoms with E-state index in [1.807, 2.05) is 0 Å². The van der Waals surface area contributed by atoms with Gasteiger partial charge in [0.1, 0.15) is 6.20 Å². The Morgan fingerprint density at radius 1 is 1.76 bits per heavy atom. The third-order valence-electron chi connectivity index (χ3n) is 1.99. The molecule has 0 N–H and O–H groups in total. The summed E-state index contributed by atoms with van der Waals surface area (Å²) in [6.07, 6.45) is 2.28. The largest absolute Gasteiger partial charge is 0.465 e. The number of carbonyl (C=O) groups excluding carboxylic acids is 1. The van der Waals surface area contributed by atoms with Gasteiger partial charge in [-0.2, -0.15) is 5.26 Å². The summed E-state index contributed by atoms with van der Waals surface area (Å²) in [5.74, 6) is -2.11. The summed E-state index contributed by atoms with van der Waals surface area (Å²) in [6.45, 7) is 1.70. The van der Waals surface area contributed by atoms with E-state index in [2.05, 4.69) is 9.72 Å². The zero-order chi connectivity index (χ0) is 12.8. The number of ether oxygens (including phenoxy) is 1. The lowest BCUT2D eigenvalue weighted by molar-refractivity contribution is -0.385. The number of carbonyl (C=O) groups is 1. The van der Waals surface area contributed by atoms with Crippen molar-refractivity contribution in [3.05, 3.63) is 34.1 Å². The van der Waals surface area contributed by atoms with Crippen LogP contribution in [-0.4, -0.2) is 22.5 Å². The van der Waals surface area contributed by atoms with E-state index < -0.39 is 16.8 Å². The Kier molecular flexibility index (Phi) is 4.11. The van der Waals surface area contributed by atoms with Crippen molar-refractivity contribution < 1.29 is 14.5 Å². The zero-order valence-electron chi connectivity index (χ0n) is 8.99. The highest BCUT2D eigenvalue weighted by Gasteiger charge is 2.29. The van der Waals surface area contributed by atoms with E-state index in [1.54, 1.807) is 13.0 Å². The SMILES string of the molecule is CCOC(=O)C(C#N)c1ccncc1[N+](=O)[O-]. The van der Waals surface area contributed by atoms with Crippen molar-refractivity contribution in [2.45, 2.75) is 12.8 Å². The molecule has 1 aromatic rings. The second-order valence-corrected chi connectivity index (χ2v) is 3.01. The average molecular weight is 235 g/mol. The fourth-order valence-electron chi connectivity index (χ4n) is 1.27. The van der Waals surface area contributed by atoms with Gasteiger partial charge in [-0.3, -0.25) is 19.9 Å². The molecule has 0 aliphatic rings. The summed E-state index contributed by atoms with van der Waals surface area (Å²) in [5, 5.41) is 19.6. The van der Waals surface area contributed by atoms with Crippen LogP contribution in [0, 0.1) is 21.4 Å². The molecule has 1 atom stereocenters. The Morgan fingerprint density at radius 2 is 2.47 bits per heavy atom. The van der Waals surface area contributed by atoms with E-state index >= 15 is 0 Å². The first-order chi connectivity index (χ1) is 8.11. The smallest absolute Gasteiger partial charge is 0.328 e. The Morgan fingerprint density at radius 3 is 3.00 bits per heavy atom. The normalized spacial score (nSPS) is 11.3. The number of nitriles is 1. The van der Waals surface area contributed by atoms with Crippen LogP contribution in [0.25, 0.3) is 0 Å². The lowest BCUT2D eigenvalue weighted by atomic mass is 10.0. The van der Waals surface area contributed by atoms with Gasteiger partial charge in [0.25, 0.3) is 5.69 Å². The number of pyridine rings is 1. The van der Waals surface area contributed by atoms with Gasteiger partial charge >= 0.3 is 5.97 Å². The van der Waals surface area contributed by atoms with Crippen LogP contribution >= 0.6 is 0 Å². The molecule has 0 fully saturated rings. The van der Waals surface area contributed by atoms with Gasteiger partial charge in [0, 0.05) is 6.20 Å². The molecule has 1 aromatic heterocycles. The van der Waals surface area contributed by atoms with Gasteiger partial charge in [0.05, 0.1) is 23.2 Å². The molecule has 0 amide bonds. The van der Waals surface area contributed by atoms with Crippen molar-refractivity contribution in [1.82, 2.24) is 4.98 Å². The highest BCUT2D eigenvalue weighted by molar-refractivity contribution is 5.82. The summed E-state index contributed by atoms with van der Waals surface area (Å²) in [6, 6.07) is 2.96. The summed E-state index contributed by atoms with van der Waals surface area (Å²) in [4.78, 5) is 25.1. The Bertz CT molecular complexity index is 481. The second kappa shape index (κ2) is 5.55. The van der Waals surface area contributed by atoms with Crippen LogP contribution in [0.2, 0.25) is 0 Å². The highest BCUT2D eigenvalue weighted by Crippen LogP contribution is 2.25. The van der Waals surface area contributed by atoms with Crippen molar-refractivity contribution in [1.29, 1.82) is 5.26 Å². The van der Waals surface area contributed by atoms with Crippen LogP contribution < -0.4 is 0 Å². The lowest BCUT2D eigenvalue weighted by Gasteiger charge is -2.08. The minimum atomic E-state index is -1.31. The second-order valence-electron chi connectivity index (χ2n) is 3.01. The van der Waals surface area contributed by atoms with Crippen molar-refractivity contribution in [3.8, 4) is 6.07 Å². The number of hydrogen-bond donors (Lipinski definition) is 0. The summed E-state index contributed by atoms with van der Waals surface area (Å²) >= 11 is 0. The first-order valence-electron chi connectivity index (χ1n) is 4.76. The van der Waals surface area contributed by atoms with Crippen molar-refractivity contribution in [3.63, 3.8) is 0 Å². The molecule has 0 aliphatic heterocycles. The Hall–Kier alpha value is -2.49. The van der Waals surface area contributed by atoms with Crippen molar-refractivity contribution in [2.24, 2.45) is 0 Å². The summed E-state index contributed by atoms with van der Waals surface area (Å²) in [7, 11) is 0. The molecule has 1 heterocycles. The molecule has 0 spiro atoms. The van der Waals surface area contributed by atoms with Crippen LogP contribution in [0.15, 0.2) is 18.5 Å². The fourth-order valence-corrected chi connectivity index (χ4v) is 1.27. The number of aromatic nitrogens is 1. The quantitative estimate of drug-likeness (QED) is 0.440. The third kappa shape index (κ3) is 2.75. The van der Waals surface area contributed by atoms with Crippen LogP contribution in [0.4, 0.5) is 5.69 Å². The van der Waals surface area contributed by atoms with Gasteiger partial charge in [-0.1, -0.05) is 0 Å². The molecule has 0 bridgehead atoms. The van der Waals surface area contributed by atoms with E-state index in [0.717, 1.165) is 6.20 Å². The molecule has 0 aromatic carbocycles. The fraction of sp³-hybridized carbons (Fsp3) is 0.300. The molecule has 7 nitrogen and oxygen atoms in total. The van der Waals surface area contributed by atoms with Gasteiger partial charge in [0.15, 0.2) is 5.92 Å². The maximum absolute atomic E-state index is 11.5. The molecule has 7 heteroatoms. The maximum Gasteiger partial charge on any atom is 0.328 e. The molecule has 0 radical (unpaired) electrons. The highest BCUT2D eigenvalue weighted by atomic mass is 16.6. The van der Waals surface area contributed by atoms with E-state index in [-0.39, 0.29) is 17.9 Å². The van der Waals surface area contributed by atoms with E-state index in [0.29, 0.717) is 0 Å². The molecule has 1 rings (SSSR count). The predicted octanol–water partition coefficient (Wildman–Crippen LogP) is 1.16. The number of nitro groups is 1. The zero-order valence-corrected chi connectivity index (χ0v) is 8.99. The molecular weight excluding hydrogens is 226 g/mol. The van der Waals surface area contributed by atoms with E-state index in [9.17, 15) is 14.9 Å². The van der Waals surface area contributed by atoms with Crippen molar-refractivity contribution in [2.75, 3.05) is 6.61 Å². The van der Waals surface area contributed by atoms with E-state index in [4.69, 9.17) is 5.26 Å². The van der Waals surface area contributed by atoms with Crippen LogP contribution in [0.3, 0.4) is 0 Å². The molecule has 1 unspecified atom stereocenters. The minimum Gasteiger partial charge on any atom is -0.465 e. The summed E-state index contributed by atoms with van der Waals surface area (Å²) in [5.41, 5.74) is -0.377. The molecular formula is C10H9N3O4. The van der Waals surface area contributed by atoms with Crippen LogP contribution in [-0.2, 0) is 9.53 Å². The van der Waals surface area contributed by atoms with Gasteiger partial charge in [0.2, 0.25) is 0 Å². The number of hydrogen-bond acceptors (Lipinski definition) is 6. The third-order valence-corrected chi connectivity index (χ3v) is 1.99. The maximum atomic E-state index is 11.5. The Balaban J connectivity index is 3.17. The first-order valence-corrected chi connectivity index (χ1v) is 4.76. The number of rotatable bonds is 4. The minimum absolute atomic E-state index is 0.00838. The first kappa shape index (κ1) is 12.6. The van der Waals surface area contributed by atoms with Crippen LogP contribution in [0.1, 0.15) is 18.4 Å². The average Bonchev–Trinajstić information content (AvgIpc) is 2.31. The lowest BCUT2D eigenvalue weighted by Crippen LogP contribution is -2.15. The molecule has 0 saturated carbocycles. The molecule has 0 saturated heterocycles. The monoisotopic (exact) mass is 235 g/mol. The van der Waals surface area contributed by atoms with Gasteiger partial charge in [-0.15, -0.1) is 0 Å². The topological polar surface area (TPSA) is 106 Å². The van der Waals surface area contributed by atoms with Crippen LogP contribution in [0.5, 0.6) is 0 Å². The Labute approximate surface area is 96.8 Å². The van der Waals surface area contributed by atoms with Gasteiger partial charge < -0.3 is 4.74 Å². The molecule has 0 aliphatic carbocycles. The van der Waals surface area contributed by atoms with Crippen molar-refractivity contribution >= 4 is 11.7 Å². The van der Waals surface area contributed by atoms with Gasteiger partial charge in [-0.05, 0) is 13.0 Å².